The van der Waals surface area contributed by atoms with E-state index >= 15 is 0 Å². The molecule has 0 radical (unpaired) electrons. The van der Waals surface area contributed by atoms with E-state index in [9.17, 15) is 9.59 Å². The van der Waals surface area contributed by atoms with Crippen molar-refractivity contribution in [1.29, 1.82) is 0 Å². The van der Waals surface area contributed by atoms with Gasteiger partial charge in [-0.3, -0.25) is 4.79 Å². The molecule has 2 saturated carbocycles. The summed E-state index contributed by atoms with van der Waals surface area (Å²) in [5, 5.41) is 0. The normalized spacial score (nSPS) is 36.0. The number of hydrogen-bond donors (Lipinski definition) is 0. The Labute approximate surface area is 130 Å². The molecule has 0 unspecified atom stereocenters. The van der Waals surface area contributed by atoms with E-state index in [1.165, 1.54) is 0 Å². The SMILES string of the molecule is O=C(O[C@H]1CC=C[C@H]2C[C@@H]3CCC(=O)[C@]12C3)c1ccccc1. The zero-order chi connectivity index (χ0) is 15.2. The third-order valence-electron chi connectivity index (χ3n) is 5.73. The second kappa shape index (κ2) is 5.08. The summed E-state index contributed by atoms with van der Waals surface area (Å²) in [5.41, 5.74) is 0.116. The van der Waals surface area contributed by atoms with Gasteiger partial charge in [-0.1, -0.05) is 30.4 Å². The molecule has 3 aliphatic rings. The van der Waals surface area contributed by atoms with E-state index in [2.05, 4.69) is 12.2 Å². The molecule has 0 heterocycles. The fraction of sp³-hybridized carbons (Fsp3) is 0.474. The molecular formula is C19H20O3. The second-order valence-electron chi connectivity index (χ2n) is 6.84. The van der Waals surface area contributed by atoms with Crippen LogP contribution >= 0.6 is 0 Å². The summed E-state index contributed by atoms with van der Waals surface area (Å²) < 4.78 is 5.83. The molecular weight excluding hydrogens is 276 g/mol. The monoisotopic (exact) mass is 296 g/mol. The van der Waals surface area contributed by atoms with Crippen molar-refractivity contribution >= 4 is 11.8 Å². The van der Waals surface area contributed by atoms with Gasteiger partial charge >= 0.3 is 5.97 Å². The quantitative estimate of drug-likeness (QED) is 0.619. The third kappa shape index (κ3) is 1.95. The molecule has 22 heavy (non-hydrogen) atoms. The van der Waals surface area contributed by atoms with Crippen molar-refractivity contribution in [3.63, 3.8) is 0 Å². The standard InChI is InChI=1S/C19H20O3/c20-16-10-9-13-11-15-7-4-8-17(19(15,16)12-13)22-18(21)14-5-2-1-3-6-14/h1-7,13,15,17H,8-12H2/t13-,15-,17-,19+/m0/s1. The Morgan fingerprint density at radius 1 is 1.23 bits per heavy atom. The Morgan fingerprint density at radius 2 is 2.05 bits per heavy atom. The predicted molar refractivity (Wildman–Crippen MR) is 82.3 cm³/mol. The van der Waals surface area contributed by atoms with E-state index in [-0.39, 0.29) is 18.0 Å². The number of Topliss-reactive ketones (excluding diaryl/α,β-unsaturated/α-hetero) is 1. The lowest BCUT2D eigenvalue weighted by Gasteiger charge is -2.42. The lowest BCUT2D eigenvalue weighted by Crippen LogP contribution is -2.49. The molecule has 1 spiro atoms. The maximum atomic E-state index is 12.7. The van der Waals surface area contributed by atoms with E-state index in [0.29, 0.717) is 30.1 Å². The van der Waals surface area contributed by atoms with Gasteiger partial charge in [-0.2, -0.15) is 0 Å². The average Bonchev–Trinajstić information content (AvgIpc) is 2.88. The van der Waals surface area contributed by atoms with Crippen LogP contribution in [0.2, 0.25) is 0 Å². The highest BCUT2D eigenvalue weighted by Gasteiger charge is 2.60. The van der Waals surface area contributed by atoms with Gasteiger partial charge in [0.05, 0.1) is 11.0 Å². The van der Waals surface area contributed by atoms with E-state index in [0.717, 1.165) is 19.3 Å². The number of esters is 1. The highest BCUT2D eigenvalue weighted by molar-refractivity contribution is 5.91. The number of rotatable bonds is 2. The number of benzene rings is 1. The summed E-state index contributed by atoms with van der Waals surface area (Å²) in [7, 11) is 0. The second-order valence-corrected chi connectivity index (χ2v) is 6.84. The number of allylic oxidation sites excluding steroid dienone is 1. The molecule has 0 aromatic heterocycles. The molecule has 0 amide bonds. The van der Waals surface area contributed by atoms with Crippen molar-refractivity contribution in [2.24, 2.45) is 17.3 Å². The van der Waals surface area contributed by atoms with Gasteiger partial charge in [0.2, 0.25) is 0 Å². The Morgan fingerprint density at radius 3 is 2.86 bits per heavy atom. The molecule has 2 bridgehead atoms. The van der Waals surface area contributed by atoms with Crippen LogP contribution in [0.5, 0.6) is 0 Å². The Kier molecular flexibility index (Phi) is 3.17. The maximum absolute atomic E-state index is 12.7. The van der Waals surface area contributed by atoms with Gasteiger partial charge in [0.15, 0.2) is 0 Å². The van der Waals surface area contributed by atoms with Crippen molar-refractivity contribution < 1.29 is 14.3 Å². The molecule has 4 rings (SSSR count). The first kappa shape index (κ1) is 13.7. The summed E-state index contributed by atoms with van der Waals surface area (Å²) in [6, 6.07) is 9.05. The first-order chi connectivity index (χ1) is 10.7. The summed E-state index contributed by atoms with van der Waals surface area (Å²) in [5.74, 6) is 0.871. The van der Waals surface area contributed by atoms with Crippen molar-refractivity contribution in [3.05, 3.63) is 48.0 Å². The van der Waals surface area contributed by atoms with E-state index < -0.39 is 5.41 Å². The number of hydrogen-bond acceptors (Lipinski definition) is 3. The fourth-order valence-electron chi connectivity index (χ4n) is 4.69. The first-order valence-electron chi connectivity index (χ1n) is 8.16. The van der Waals surface area contributed by atoms with Crippen molar-refractivity contribution in [3.8, 4) is 0 Å². The minimum atomic E-state index is -0.442. The minimum Gasteiger partial charge on any atom is -0.457 e. The number of carbonyl (C=O) groups excluding carboxylic acids is 2. The number of carbonyl (C=O) groups is 2. The molecule has 1 aromatic carbocycles. The average molecular weight is 296 g/mol. The molecule has 2 fully saturated rings. The molecule has 1 aromatic rings. The Balaban J connectivity index is 1.63. The largest absolute Gasteiger partial charge is 0.457 e. The van der Waals surface area contributed by atoms with Crippen LogP contribution in [0, 0.1) is 17.3 Å². The van der Waals surface area contributed by atoms with Crippen LogP contribution in [0.25, 0.3) is 0 Å². The van der Waals surface area contributed by atoms with Gasteiger partial charge in [-0.25, -0.2) is 4.79 Å². The molecule has 3 aliphatic carbocycles. The number of ketones is 1. The molecule has 114 valence electrons. The lowest BCUT2D eigenvalue weighted by atomic mass is 9.64. The first-order valence-corrected chi connectivity index (χ1v) is 8.16. The summed E-state index contributed by atoms with van der Waals surface area (Å²) >= 11 is 0. The fourth-order valence-corrected chi connectivity index (χ4v) is 4.69. The highest BCUT2D eigenvalue weighted by Crippen LogP contribution is 2.58. The molecule has 3 heteroatoms. The van der Waals surface area contributed by atoms with Gasteiger partial charge in [-0.15, -0.1) is 0 Å². The van der Waals surface area contributed by atoms with Crippen molar-refractivity contribution in [2.75, 3.05) is 0 Å². The van der Waals surface area contributed by atoms with Gasteiger partial charge < -0.3 is 4.74 Å². The van der Waals surface area contributed by atoms with Crippen LogP contribution in [0.4, 0.5) is 0 Å². The topological polar surface area (TPSA) is 43.4 Å². The van der Waals surface area contributed by atoms with E-state index in [1.807, 2.05) is 18.2 Å². The van der Waals surface area contributed by atoms with Crippen LogP contribution in [-0.2, 0) is 9.53 Å². The maximum Gasteiger partial charge on any atom is 0.338 e. The smallest absolute Gasteiger partial charge is 0.338 e. The van der Waals surface area contributed by atoms with Crippen molar-refractivity contribution in [2.45, 2.75) is 38.2 Å². The van der Waals surface area contributed by atoms with E-state index in [4.69, 9.17) is 4.74 Å². The summed E-state index contributed by atoms with van der Waals surface area (Å²) in [6.45, 7) is 0. The molecule has 0 saturated heterocycles. The Hall–Kier alpha value is -1.90. The van der Waals surface area contributed by atoms with Gasteiger partial charge in [0, 0.05) is 12.8 Å². The summed E-state index contributed by atoms with van der Waals surface area (Å²) in [6.07, 6.45) is 8.26. The zero-order valence-corrected chi connectivity index (χ0v) is 12.5. The van der Waals surface area contributed by atoms with Gasteiger partial charge in [0.1, 0.15) is 11.9 Å². The zero-order valence-electron chi connectivity index (χ0n) is 12.5. The van der Waals surface area contributed by atoms with Crippen LogP contribution in [0.3, 0.4) is 0 Å². The van der Waals surface area contributed by atoms with Crippen LogP contribution in [0.1, 0.15) is 42.5 Å². The molecule has 4 atom stereocenters. The molecule has 3 nitrogen and oxygen atoms in total. The predicted octanol–water partition coefficient (Wildman–Crippen LogP) is 3.55. The van der Waals surface area contributed by atoms with Crippen LogP contribution in [-0.4, -0.2) is 17.9 Å². The number of ether oxygens (including phenoxy) is 1. The van der Waals surface area contributed by atoms with Crippen molar-refractivity contribution in [1.82, 2.24) is 0 Å². The number of fused-ring (bicyclic) bond motifs is 1. The van der Waals surface area contributed by atoms with Crippen LogP contribution in [0.15, 0.2) is 42.5 Å². The molecule has 0 N–H and O–H groups in total. The highest BCUT2D eigenvalue weighted by atomic mass is 16.5. The van der Waals surface area contributed by atoms with E-state index in [1.54, 1.807) is 12.1 Å². The van der Waals surface area contributed by atoms with Crippen LogP contribution < -0.4 is 0 Å². The molecule has 0 aliphatic heterocycles. The minimum absolute atomic E-state index is 0.259. The Bertz CT molecular complexity index is 633. The van der Waals surface area contributed by atoms with Gasteiger partial charge in [0.25, 0.3) is 0 Å². The lowest BCUT2D eigenvalue weighted by molar-refractivity contribution is -0.141. The van der Waals surface area contributed by atoms with Gasteiger partial charge in [-0.05, 0) is 43.2 Å². The third-order valence-corrected chi connectivity index (χ3v) is 5.73. The summed E-state index contributed by atoms with van der Waals surface area (Å²) in [4.78, 5) is 25.1.